The van der Waals surface area contributed by atoms with Gasteiger partial charge in [0.1, 0.15) is 4.90 Å². The minimum absolute atomic E-state index is 0.0222. The predicted octanol–water partition coefficient (Wildman–Crippen LogP) is 1.29. The van der Waals surface area contributed by atoms with Gasteiger partial charge < -0.3 is 4.74 Å². The van der Waals surface area contributed by atoms with Gasteiger partial charge in [0, 0.05) is 25.5 Å². The molecule has 2 bridgehead atoms. The average molecular weight is 289 g/mol. The molecule has 0 spiro atoms. The molecule has 0 saturated carbocycles. The molecule has 2 fully saturated rings. The second-order valence-electron chi connectivity index (χ2n) is 4.59. The molecule has 3 rings (SSSR count). The largest absolute Gasteiger partial charge is 0.372 e. The summed E-state index contributed by atoms with van der Waals surface area (Å²) in [5.41, 5.74) is 0. The summed E-state index contributed by atoms with van der Waals surface area (Å²) < 4.78 is 32.0. The van der Waals surface area contributed by atoms with Crippen molar-refractivity contribution in [3.63, 3.8) is 0 Å². The lowest BCUT2D eigenvalue weighted by molar-refractivity contribution is -0.0114. The Labute approximate surface area is 111 Å². The Kier molecular flexibility index (Phi) is 3.05. The second-order valence-corrected chi connectivity index (χ2v) is 6.90. The van der Waals surface area contributed by atoms with E-state index in [1.165, 1.54) is 22.8 Å². The lowest BCUT2D eigenvalue weighted by atomic mass is 10.2. The van der Waals surface area contributed by atoms with Crippen molar-refractivity contribution in [2.45, 2.75) is 29.9 Å². The molecule has 2 atom stereocenters. The summed E-state index contributed by atoms with van der Waals surface area (Å²) in [6.45, 7) is 0.814. The number of nitrogens with zero attached hydrogens (tertiary/aromatic N) is 2. The topological polar surface area (TPSA) is 59.5 Å². The van der Waals surface area contributed by atoms with Gasteiger partial charge in [-0.05, 0) is 18.9 Å². The Morgan fingerprint density at radius 1 is 1.33 bits per heavy atom. The fourth-order valence-electron chi connectivity index (χ4n) is 2.47. The number of morpholine rings is 1. The maximum absolute atomic E-state index is 12.5. The van der Waals surface area contributed by atoms with Crippen LogP contribution in [0, 0.1) is 0 Å². The monoisotopic (exact) mass is 288 g/mol. The zero-order valence-electron chi connectivity index (χ0n) is 9.62. The van der Waals surface area contributed by atoms with E-state index in [9.17, 15) is 8.42 Å². The zero-order chi connectivity index (χ0) is 12.8. The highest BCUT2D eigenvalue weighted by molar-refractivity contribution is 7.89. The second kappa shape index (κ2) is 4.45. The first kappa shape index (κ1) is 12.3. The third-order valence-electron chi connectivity index (χ3n) is 3.36. The summed E-state index contributed by atoms with van der Waals surface area (Å²) in [6, 6.07) is 1.49. The SMILES string of the molecule is O=S(=O)(c1cnccc1Cl)N1CC2CCC(C1)O2. The van der Waals surface area contributed by atoms with E-state index < -0.39 is 10.0 Å². The van der Waals surface area contributed by atoms with Gasteiger partial charge in [0.05, 0.1) is 17.2 Å². The highest BCUT2D eigenvalue weighted by Gasteiger charge is 2.39. The molecule has 5 nitrogen and oxygen atoms in total. The van der Waals surface area contributed by atoms with Crippen LogP contribution in [0.2, 0.25) is 5.02 Å². The zero-order valence-corrected chi connectivity index (χ0v) is 11.2. The van der Waals surface area contributed by atoms with Gasteiger partial charge in [-0.3, -0.25) is 4.98 Å². The van der Waals surface area contributed by atoms with E-state index >= 15 is 0 Å². The van der Waals surface area contributed by atoms with Crippen LogP contribution < -0.4 is 0 Å². The number of pyridine rings is 1. The van der Waals surface area contributed by atoms with Gasteiger partial charge >= 0.3 is 0 Å². The number of fused-ring (bicyclic) bond motifs is 2. The van der Waals surface area contributed by atoms with Gasteiger partial charge in [-0.2, -0.15) is 4.31 Å². The van der Waals surface area contributed by atoms with E-state index in [4.69, 9.17) is 16.3 Å². The predicted molar refractivity (Wildman–Crippen MR) is 65.9 cm³/mol. The Morgan fingerprint density at radius 3 is 2.61 bits per heavy atom. The number of aromatic nitrogens is 1. The van der Waals surface area contributed by atoms with Crippen LogP contribution in [0.1, 0.15) is 12.8 Å². The lowest BCUT2D eigenvalue weighted by Gasteiger charge is -2.31. The number of rotatable bonds is 2. The van der Waals surface area contributed by atoms with Crippen molar-refractivity contribution in [2.75, 3.05) is 13.1 Å². The van der Waals surface area contributed by atoms with Crippen LogP contribution in [0.15, 0.2) is 23.4 Å². The first-order chi connectivity index (χ1) is 8.57. The van der Waals surface area contributed by atoms with Gasteiger partial charge in [0.2, 0.25) is 10.0 Å². The van der Waals surface area contributed by atoms with E-state index in [0.29, 0.717) is 13.1 Å². The number of halogens is 1. The van der Waals surface area contributed by atoms with Crippen LogP contribution in [0.3, 0.4) is 0 Å². The fraction of sp³-hybridized carbons (Fsp3) is 0.545. The van der Waals surface area contributed by atoms with Crippen molar-refractivity contribution in [1.82, 2.24) is 9.29 Å². The van der Waals surface area contributed by atoms with E-state index in [1.807, 2.05) is 0 Å². The Hall–Kier alpha value is -0.690. The molecule has 0 radical (unpaired) electrons. The van der Waals surface area contributed by atoms with E-state index in [2.05, 4.69) is 4.98 Å². The molecule has 3 heterocycles. The molecule has 18 heavy (non-hydrogen) atoms. The standard InChI is InChI=1S/C11H13ClN2O3S/c12-10-3-4-13-5-11(10)18(15,16)14-6-8-1-2-9(7-14)17-8/h3-5,8-9H,1-2,6-7H2. The molecule has 1 aromatic rings. The molecule has 2 saturated heterocycles. The van der Waals surface area contributed by atoms with E-state index in [0.717, 1.165) is 12.8 Å². The smallest absolute Gasteiger partial charge is 0.246 e. The maximum Gasteiger partial charge on any atom is 0.246 e. The summed E-state index contributed by atoms with van der Waals surface area (Å²) in [5, 5.41) is 0.212. The normalized spacial score (nSPS) is 28.5. The van der Waals surface area contributed by atoms with Crippen LogP contribution in [-0.4, -0.2) is 43.0 Å². The minimum Gasteiger partial charge on any atom is -0.372 e. The summed E-state index contributed by atoms with van der Waals surface area (Å²) in [7, 11) is -3.56. The van der Waals surface area contributed by atoms with Gasteiger partial charge in [0.15, 0.2) is 0 Å². The van der Waals surface area contributed by atoms with E-state index in [-0.39, 0.29) is 22.1 Å². The number of ether oxygens (including phenoxy) is 1. The first-order valence-corrected chi connectivity index (χ1v) is 7.64. The fourth-order valence-corrected chi connectivity index (χ4v) is 4.37. The summed E-state index contributed by atoms with van der Waals surface area (Å²) >= 11 is 5.94. The summed E-state index contributed by atoms with van der Waals surface area (Å²) in [6.07, 6.45) is 4.68. The van der Waals surface area contributed by atoms with Crippen LogP contribution >= 0.6 is 11.6 Å². The number of sulfonamides is 1. The van der Waals surface area contributed by atoms with Gasteiger partial charge in [-0.25, -0.2) is 8.42 Å². The molecule has 98 valence electrons. The molecule has 0 N–H and O–H groups in total. The summed E-state index contributed by atoms with van der Waals surface area (Å²) in [5.74, 6) is 0. The Balaban J connectivity index is 1.94. The van der Waals surface area contributed by atoms with Crippen LogP contribution in [0.25, 0.3) is 0 Å². The molecule has 7 heteroatoms. The third kappa shape index (κ3) is 2.03. The van der Waals surface area contributed by atoms with Crippen molar-refractivity contribution in [3.8, 4) is 0 Å². The molecule has 2 aliphatic heterocycles. The molecule has 2 unspecified atom stereocenters. The number of hydrogen-bond acceptors (Lipinski definition) is 4. The van der Waals surface area contributed by atoms with Gasteiger partial charge in [0.25, 0.3) is 0 Å². The van der Waals surface area contributed by atoms with Crippen molar-refractivity contribution >= 4 is 21.6 Å². The summed E-state index contributed by atoms with van der Waals surface area (Å²) in [4.78, 5) is 3.92. The molecular formula is C11H13ClN2O3S. The lowest BCUT2D eigenvalue weighted by Crippen LogP contribution is -2.45. The Morgan fingerprint density at radius 2 is 2.00 bits per heavy atom. The average Bonchev–Trinajstić information content (AvgIpc) is 2.68. The third-order valence-corrected chi connectivity index (χ3v) is 5.66. The van der Waals surface area contributed by atoms with Crippen molar-refractivity contribution < 1.29 is 13.2 Å². The first-order valence-electron chi connectivity index (χ1n) is 5.82. The van der Waals surface area contributed by atoms with Gasteiger partial charge in [-0.1, -0.05) is 11.6 Å². The highest BCUT2D eigenvalue weighted by atomic mass is 35.5. The van der Waals surface area contributed by atoms with Crippen LogP contribution in [-0.2, 0) is 14.8 Å². The molecule has 2 aliphatic rings. The van der Waals surface area contributed by atoms with Crippen molar-refractivity contribution in [2.24, 2.45) is 0 Å². The van der Waals surface area contributed by atoms with Crippen LogP contribution in [0.4, 0.5) is 0 Å². The molecule has 1 aromatic heterocycles. The number of hydrogen-bond donors (Lipinski definition) is 0. The van der Waals surface area contributed by atoms with Gasteiger partial charge in [-0.15, -0.1) is 0 Å². The van der Waals surface area contributed by atoms with Crippen molar-refractivity contribution in [3.05, 3.63) is 23.5 Å². The quantitative estimate of drug-likeness (QED) is 0.823. The highest BCUT2D eigenvalue weighted by Crippen LogP contribution is 2.31. The maximum atomic E-state index is 12.5. The van der Waals surface area contributed by atoms with Crippen molar-refractivity contribution in [1.29, 1.82) is 0 Å². The molecule has 0 aromatic carbocycles. The van der Waals surface area contributed by atoms with E-state index in [1.54, 1.807) is 0 Å². The molecule has 0 amide bonds. The van der Waals surface area contributed by atoms with Crippen LogP contribution in [0.5, 0.6) is 0 Å². The molecular weight excluding hydrogens is 276 g/mol. The Bertz CT molecular complexity index is 551. The minimum atomic E-state index is -3.56. The molecule has 0 aliphatic carbocycles.